The Kier molecular flexibility index (Phi) is 7.74. The Labute approximate surface area is 198 Å². The van der Waals surface area contributed by atoms with Crippen molar-refractivity contribution in [2.24, 2.45) is 0 Å². The van der Waals surface area contributed by atoms with Crippen LogP contribution in [0, 0.1) is 17.0 Å². The number of nitrogens with zero attached hydrogens (tertiary/aromatic N) is 1. The van der Waals surface area contributed by atoms with E-state index in [2.05, 4.69) is 10.6 Å². The van der Waals surface area contributed by atoms with Crippen LogP contribution in [0.1, 0.15) is 15.9 Å². The van der Waals surface area contributed by atoms with Gasteiger partial charge in [-0.15, -0.1) is 11.8 Å². The third-order valence-electron chi connectivity index (χ3n) is 4.36. The first kappa shape index (κ1) is 23.6. The summed E-state index contributed by atoms with van der Waals surface area (Å²) in [7, 11) is 0. The molecule has 3 aromatic rings. The largest absolute Gasteiger partial charge is 0.325 e. The molecule has 32 heavy (non-hydrogen) atoms. The number of nitro groups is 1. The third kappa shape index (κ3) is 6.23. The number of thioether (sulfide) groups is 1. The minimum atomic E-state index is -0.509. The molecule has 0 radical (unpaired) electrons. The molecule has 3 rings (SSSR count). The molecule has 0 spiro atoms. The monoisotopic (exact) mass is 489 g/mol. The minimum absolute atomic E-state index is 0.0870. The number of carbonyl (C=O) groups excluding carboxylic acids is 2. The van der Waals surface area contributed by atoms with Crippen molar-refractivity contribution in [3.05, 3.63) is 92.0 Å². The summed E-state index contributed by atoms with van der Waals surface area (Å²) in [6, 6.07) is 15.9. The second kappa shape index (κ2) is 10.5. The molecule has 2 N–H and O–H groups in total. The van der Waals surface area contributed by atoms with Crippen molar-refractivity contribution < 1.29 is 14.5 Å². The summed E-state index contributed by atoms with van der Waals surface area (Å²) in [5.41, 5.74) is 1.93. The van der Waals surface area contributed by atoms with Gasteiger partial charge < -0.3 is 10.6 Å². The van der Waals surface area contributed by atoms with Gasteiger partial charge in [-0.25, -0.2) is 0 Å². The number of aryl methyl sites for hydroxylation is 1. The first-order chi connectivity index (χ1) is 15.2. The molecule has 0 saturated heterocycles. The maximum Gasteiger partial charge on any atom is 0.271 e. The molecule has 164 valence electrons. The van der Waals surface area contributed by atoms with E-state index in [9.17, 15) is 19.7 Å². The smallest absolute Gasteiger partial charge is 0.271 e. The Morgan fingerprint density at radius 3 is 2.38 bits per heavy atom. The zero-order valence-corrected chi connectivity index (χ0v) is 19.1. The van der Waals surface area contributed by atoms with Crippen molar-refractivity contribution >= 4 is 63.8 Å². The summed E-state index contributed by atoms with van der Waals surface area (Å²) in [5.74, 6) is -0.527. The topological polar surface area (TPSA) is 101 Å². The Morgan fingerprint density at radius 1 is 1.00 bits per heavy atom. The number of nitrogens with one attached hydrogen (secondary N) is 2. The highest BCUT2D eigenvalue weighted by atomic mass is 35.5. The predicted molar refractivity (Wildman–Crippen MR) is 128 cm³/mol. The Morgan fingerprint density at radius 2 is 1.72 bits per heavy atom. The van der Waals surface area contributed by atoms with Gasteiger partial charge in [0.15, 0.2) is 0 Å². The number of amides is 2. The standard InChI is InChI=1S/C22H17Cl2N3O4S/c1-13-2-6-16(27(30)31)11-20(13)26-21(28)12-32-17-7-4-15(5-8-17)25-22(29)18-9-3-14(23)10-19(18)24/h2-11H,12H2,1H3,(H,25,29)(H,26,28). The van der Waals surface area contributed by atoms with Gasteiger partial charge in [-0.1, -0.05) is 29.3 Å². The lowest BCUT2D eigenvalue weighted by molar-refractivity contribution is -0.384. The number of benzene rings is 3. The second-order valence-corrected chi connectivity index (χ2v) is 8.59. The second-order valence-electron chi connectivity index (χ2n) is 6.70. The zero-order chi connectivity index (χ0) is 23.3. The Bertz CT molecular complexity index is 1190. The molecule has 0 atom stereocenters. The molecule has 2 amide bonds. The fourth-order valence-corrected chi connectivity index (χ4v) is 3.89. The molecule has 10 heteroatoms. The van der Waals surface area contributed by atoms with E-state index in [1.54, 1.807) is 49.4 Å². The average Bonchev–Trinajstić information content (AvgIpc) is 2.74. The Hall–Kier alpha value is -3.07. The Balaban J connectivity index is 1.56. The maximum atomic E-state index is 12.4. The van der Waals surface area contributed by atoms with E-state index in [1.165, 1.54) is 30.0 Å². The van der Waals surface area contributed by atoms with Gasteiger partial charge in [0.25, 0.3) is 11.6 Å². The molecule has 0 heterocycles. The van der Waals surface area contributed by atoms with E-state index in [4.69, 9.17) is 23.2 Å². The van der Waals surface area contributed by atoms with Gasteiger partial charge >= 0.3 is 0 Å². The summed E-state index contributed by atoms with van der Waals surface area (Å²) in [6.07, 6.45) is 0. The van der Waals surface area contributed by atoms with E-state index in [1.807, 2.05) is 0 Å². The normalized spacial score (nSPS) is 10.5. The third-order valence-corrected chi connectivity index (χ3v) is 5.92. The highest BCUT2D eigenvalue weighted by molar-refractivity contribution is 8.00. The maximum absolute atomic E-state index is 12.4. The lowest BCUT2D eigenvalue weighted by atomic mass is 10.2. The van der Waals surface area contributed by atoms with Gasteiger partial charge in [-0.2, -0.15) is 0 Å². The van der Waals surface area contributed by atoms with Crippen LogP contribution in [0.3, 0.4) is 0 Å². The van der Waals surface area contributed by atoms with Crippen molar-refractivity contribution in [2.75, 3.05) is 16.4 Å². The van der Waals surface area contributed by atoms with Crippen molar-refractivity contribution in [2.45, 2.75) is 11.8 Å². The molecule has 0 aliphatic rings. The SMILES string of the molecule is Cc1ccc([N+](=O)[O-])cc1NC(=O)CSc1ccc(NC(=O)c2ccc(Cl)cc2Cl)cc1. The number of nitro benzene ring substituents is 1. The van der Waals surface area contributed by atoms with E-state index < -0.39 is 4.92 Å². The van der Waals surface area contributed by atoms with E-state index >= 15 is 0 Å². The van der Waals surface area contributed by atoms with Crippen molar-refractivity contribution in [3.8, 4) is 0 Å². The molecular weight excluding hydrogens is 473 g/mol. The van der Waals surface area contributed by atoms with Crippen molar-refractivity contribution in [1.82, 2.24) is 0 Å². The summed E-state index contributed by atoms with van der Waals surface area (Å²) in [4.78, 5) is 35.9. The fraction of sp³-hybridized carbons (Fsp3) is 0.0909. The van der Waals surface area contributed by atoms with E-state index in [-0.39, 0.29) is 28.3 Å². The van der Waals surface area contributed by atoms with E-state index in [0.29, 0.717) is 22.0 Å². The molecule has 0 fully saturated rings. The van der Waals surface area contributed by atoms with Crippen molar-refractivity contribution in [3.63, 3.8) is 0 Å². The molecule has 0 saturated carbocycles. The number of anilines is 2. The molecule has 7 nitrogen and oxygen atoms in total. The van der Waals surface area contributed by atoms with Crippen LogP contribution in [-0.2, 0) is 4.79 Å². The molecular formula is C22H17Cl2N3O4S. The zero-order valence-electron chi connectivity index (χ0n) is 16.7. The number of non-ortho nitro benzene ring substituents is 1. The van der Waals surface area contributed by atoms with Gasteiger partial charge in [0, 0.05) is 27.7 Å². The van der Waals surface area contributed by atoms with E-state index in [0.717, 1.165) is 10.5 Å². The number of rotatable bonds is 7. The highest BCUT2D eigenvalue weighted by Crippen LogP contribution is 2.25. The number of hydrogen-bond donors (Lipinski definition) is 2. The number of carbonyl (C=O) groups is 2. The number of hydrogen-bond acceptors (Lipinski definition) is 5. The molecule has 0 aliphatic heterocycles. The van der Waals surface area contributed by atoms with Crippen LogP contribution in [0.15, 0.2) is 65.6 Å². The molecule has 3 aromatic carbocycles. The van der Waals surface area contributed by atoms with Crippen LogP contribution in [-0.4, -0.2) is 22.5 Å². The first-order valence-corrected chi connectivity index (χ1v) is 11.0. The summed E-state index contributed by atoms with van der Waals surface area (Å²) >= 11 is 13.2. The van der Waals surface area contributed by atoms with Gasteiger partial charge in [0.2, 0.25) is 5.91 Å². The van der Waals surface area contributed by atoms with Crippen LogP contribution in [0.25, 0.3) is 0 Å². The minimum Gasteiger partial charge on any atom is -0.325 e. The van der Waals surface area contributed by atoms with Crippen LogP contribution in [0.2, 0.25) is 10.0 Å². The lowest BCUT2D eigenvalue weighted by Gasteiger charge is -2.09. The summed E-state index contributed by atoms with van der Waals surface area (Å²) in [6.45, 7) is 1.76. The first-order valence-electron chi connectivity index (χ1n) is 9.27. The van der Waals surface area contributed by atoms with Crippen LogP contribution in [0.5, 0.6) is 0 Å². The van der Waals surface area contributed by atoms with Crippen LogP contribution >= 0.6 is 35.0 Å². The van der Waals surface area contributed by atoms with Crippen LogP contribution in [0.4, 0.5) is 17.1 Å². The molecule has 0 aliphatic carbocycles. The van der Waals surface area contributed by atoms with Crippen molar-refractivity contribution in [1.29, 1.82) is 0 Å². The average molecular weight is 490 g/mol. The van der Waals surface area contributed by atoms with Gasteiger partial charge in [0.1, 0.15) is 0 Å². The molecule has 0 bridgehead atoms. The van der Waals surface area contributed by atoms with Gasteiger partial charge in [-0.3, -0.25) is 19.7 Å². The highest BCUT2D eigenvalue weighted by Gasteiger charge is 2.13. The quantitative estimate of drug-likeness (QED) is 0.234. The number of halogens is 2. The van der Waals surface area contributed by atoms with Gasteiger partial charge in [0.05, 0.1) is 26.9 Å². The van der Waals surface area contributed by atoms with Gasteiger partial charge in [-0.05, 0) is 55.0 Å². The molecule has 0 aromatic heterocycles. The fourth-order valence-electron chi connectivity index (χ4n) is 2.70. The van der Waals surface area contributed by atoms with Crippen LogP contribution < -0.4 is 10.6 Å². The predicted octanol–water partition coefficient (Wildman–Crippen LogP) is 6.19. The summed E-state index contributed by atoms with van der Waals surface area (Å²) < 4.78 is 0. The summed E-state index contributed by atoms with van der Waals surface area (Å²) in [5, 5.41) is 17.1. The molecule has 0 unspecified atom stereocenters. The lowest BCUT2D eigenvalue weighted by Crippen LogP contribution is -2.15.